The third kappa shape index (κ3) is 4.19. The average molecular weight is 174 g/mol. The lowest BCUT2D eigenvalue weighted by atomic mass is 10.1. The van der Waals surface area contributed by atoms with Gasteiger partial charge in [-0.05, 0) is 13.8 Å². The van der Waals surface area contributed by atoms with E-state index >= 15 is 0 Å². The van der Waals surface area contributed by atoms with E-state index in [1.807, 2.05) is 0 Å². The maximum Gasteiger partial charge on any atom is 0.353 e. The Kier molecular flexibility index (Phi) is 2.88. The van der Waals surface area contributed by atoms with E-state index < -0.39 is 18.1 Å². The number of hydrogen-bond acceptors (Lipinski definition) is 1. The molecule has 0 aliphatic rings. The van der Waals surface area contributed by atoms with Crippen LogP contribution < -0.4 is 0 Å². The zero-order valence-corrected chi connectivity index (χ0v) is 6.50. The summed E-state index contributed by atoms with van der Waals surface area (Å²) in [5, 5.41) is 0. The van der Waals surface area contributed by atoms with Crippen molar-refractivity contribution in [2.75, 3.05) is 0 Å². The van der Waals surface area contributed by atoms with Crippen molar-refractivity contribution < 1.29 is 22.3 Å². The normalized spacial score (nSPS) is 14.2. The molecule has 1 nitrogen and oxygen atoms in total. The second-order valence-electron chi connectivity index (χ2n) is 2.81. The van der Waals surface area contributed by atoms with E-state index in [2.05, 4.69) is 4.74 Å². The van der Waals surface area contributed by atoms with Crippen molar-refractivity contribution in [1.29, 1.82) is 0 Å². The van der Waals surface area contributed by atoms with Gasteiger partial charge in [-0.1, -0.05) is 0 Å². The van der Waals surface area contributed by atoms with Crippen molar-refractivity contribution in [2.45, 2.75) is 38.9 Å². The molecule has 11 heavy (non-hydrogen) atoms. The topological polar surface area (TPSA) is 9.23 Å². The molecule has 0 N–H and O–H groups in total. The Balaban J connectivity index is 4.13. The molecule has 0 aliphatic carbocycles. The molecule has 5 heteroatoms. The van der Waals surface area contributed by atoms with Crippen LogP contribution in [0.1, 0.15) is 20.8 Å². The van der Waals surface area contributed by atoms with Crippen molar-refractivity contribution >= 4 is 0 Å². The molecule has 0 radical (unpaired) electrons. The van der Waals surface area contributed by atoms with Gasteiger partial charge in [0.1, 0.15) is 5.60 Å². The van der Waals surface area contributed by atoms with Crippen LogP contribution in [-0.2, 0) is 4.74 Å². The molecule has 0 fully saturated rings. The van der Waals surface area contributed by atoms with Gasteiger partial charge in [0.05, 0.1) is 0 Å². The van der Waals surface area contributed by atoms with Crippen molar-refractivity contribution in [2.24, 2.45) is 0 Å². The first-order chi connectivity index (χ1) is 4.65. The number of hydrogen-bond donors (Lipinski definition) is 0. The van der Waals surface area contributed by atoms with E-state index in [0.717, 1.165) is 13.8 Å². The van der Waals surface area contributed by atoms with Crippen molar-refractivity contribution in [1.82, 2.24) is 0 Å². The van der Waals surface area contributed by atoms with Crippen LogP contribution in [0.3, 0.4) is 0 Å². The first kappa shape index (κ1) is 10.7. The molecule has 0 spiro atoms. The minimum atomic E-state index is -3.51. The predicted octanol–water partition coefficient (Wildman–Crippen LogP) is 2.66. The third-order valence-electron chi connectivity index (χ3n) is 0.968. The number of alkyl halides is 4. The van der Waals surface area contributed by atoms with Crippen molar-refractivity contribution in [3.8, 4) is 0 Å². The molecule has 0 atom stereocenters. The number of halogens is 4. The Morgan fingerprint density at radius 2 is 1.45 bits per heavy atom. The van der Waals surface area contributed by atoms with E-state index in [-0.39, 0.29) is 0 Å². The van der Waals surface area contributed by atoms with Crippen molar-refractivity contribution in [3.63, 3.8) is 0 Å². The minimum absolute atomic E-state index is 0.428. The highest BCUT2D eigenvalue weighted by atomic mass is 19.3. The summed E-state index contributed by atoms with van der Waals surface area (Å²) in [5.74, 6) is 0. The molecule has 68 valence electrons. The molecular formula is C6H10F4O. The summed E-state index contributed by atoms with van der Waals surface area (Å²) < 4.78 is 51.6. The standard InChI is InChI=1S/C6H10F4O/c1-5(2,4(7)8)11-6(3,9)10/h4H,1-3H3. The van der Waals surface area contributed by atoms with E-state index in [0.29, 0.717) is 6.92 Å². The fourth-order valence-electron chi connectivity index (χ4n) is 0.506. The highest BCUT2D eigenvalue weighted by Crippen LogP contribution is 2.27. The van der Waals surface area contributed by atoms with Gasteiger partial charge in [0.2, 0.25) is 0 Å². The quantitative estimate of drug-likeness (QED) is 0.597. The fourth-order valence-corrected chi connectivity index (χ4v) is 0.506. The van der Waals surface area contributed by atoms with Crippen LogP contribution in [0.15, 0.2) is 0 Å². The largest absolute Gasteiger partial charge is 0.353 e. The molecular weight excluding hydrogens is 164 g/mol. The second kappa shape index (κ2) is 2.97. The third-order valence-corrected chi connectivity index (χ3v) is 0.968. The van der Waals surface area contributed by atoms with E-state index in [1.54, 1.807) is 0 Å². The average Bonchev–Trinajstić information content (AvgIpc) is 1.56. The number of rotatable bonds is 3. The zero-order chi connectivity index (χ0) is 9.28. The monoisotopic (exact) mass is 174 g/mol. The van der Waals surface area contributed by atoms with Gasteiger partial charge < -0.3 is 4.74 Å². The smallest absolute Gasteiger partial charge is 0.309 e. The summed E-state index contributed by atoms with van der Waals surface area (Å²) in [7, 11) is 0. The molecule has 0 saturated carbocycles. The van der Waals surface area contributed by atoms with E-state index in [1.165, 1.54) is 0 Å². The van der Waals surface area contributed by atoms with Crippen LogP contribution in [0.25, 0.3) is 0 Å². The number of ether oxygens (including phenoxy) is 1. The minimum Gasteiger partial charge on any atom is -0.309 e. The van der Waals surface area contributed by atoms with Gasteiger partial charge in [-0.15, -0.1) is 0 Å². The lowest BCUT2D eigenvalue weighted by molar-refractivity contribution is -0.299. The summed E-state index contributed by atoms with van der Waals surface area (Å²) >= 11 is 0. The SMILES string of the molecule is CC(F)(F)OC(C)(C)C(F)F. The van der Waals surface area contributed by atoms with E-state index in [9.17, 15) is 17.6 Å². The Morgan fingerprint density at radius 3 is 1.55 bits per heavy atom. The molecule has 0 aliphatic heterocycles. The van der Waals surface area contributed by atoms with E-state index in [4.69, 9.17) is 0 Å². The van der Waals surface area contributed by atoms with Crippen LogP contribution in [0.5, 0.6) is 0 Å². The van der Waals surface area contributed by atoms with Gasteiger partial charge in [0, 0.05) is 6.92 Å². The Morgan fingerprint density at radius 1 is 1.09 bits per heavy atom. The van der Waals surface area contributed by atoms with Gasteiger partial charge in [0.15, 0.2) is 0 Å². The molecule has 0 rings (SSSR count). The van der Waals surface area contributed by atoms with Gasteiger partial charge in [0.25, 0.3) is 6.43 Å². The predicted molar refractivity (Wildman–Crippen MR) is 31.8 cm³/mol. The highest BCUT2D eigenvalue weighted by molar-refractivity contribution is 4.72. The molecule has 0 aromatic heterocycles. The van der Waals surface area contributed by atoms with Crippen LogP contribution in [-0.4, -0.2) is 18.1 Å². The zero-order valence-electron chi connectivity index (χ0n) is 6.50. The summed E-state index contributed by atoms with van der Waals surface area (Å²) in [5.41, 5.74) is -2.10. The van der Waals surface area contributed by atoms with Gasteiger partial charge >= 0.3 is 6.11 Å². The summed E-state index contributed by atoms with van der Waals surface area (Å²) in [4.78, 5) is 0. The first-order valence-corrected chi connectivity index (χ1v) is 3.01. The maximum atomic E-state index is 12.0. The highest BCUT2D eigenvalue weighted by Gasteiger charge is 2.39. The fraction of sp³-hybridized carbons (Fsp3) is 1.00. The molecule has 0 heterocycles. The van der Waals surface area contributed by atoms with Gasteiger partial charge in [-0.25, -0.2) is 8.78 Å². The lowest BCUT2D eigenvalue weighted by Gasteiger charge is -2.27. The van der Waals surface area contributed by atoms with Crippen molar-refractivity contribution in [3.05, 3.63) is 0 Å². The lowest BCUT2D eigenvalue weighted by Crippen LogP contribution is -2.39. The van der Waals surface area contributed by atoms with Crippen LogP contribution >= 0.6 is 0 Å². The Labute approximate surface area is 62.3 Å². The first-order valence-electron chi connectivity index (χ1n) is 3.01. The van der Waals surface area contributed by atoms with Crippen LogP contribution in [0.2, 0.25) is 0 Å². The van der Waals surface area contributed by atoms with Gasteiger partial charge in [-0.3, -0.25) is 0 Å². The van der Waals surface area contributed by atoms with Crippen LogP contribution in [0, 0.1) is 0 Å². The molecule has 0 unspecified atom stereocenters. The second-order valence-corrected chi connectivity index (χ2v) is 2.81. The Hall–Kier alpha value is -0.320. The molecule has 0 bridgehead atoms. The summed E-state index contributed by atoms with van der Waals surface area (Å²) in [6.45, 7) is 2.25. The molecule has 0 aromatic carbocycles. The van der Waals surface area contributed by atoms with Crippen LogP contribution in [0.4, 0.5) is 17.6 Å². The molecule has 0 aromatic rings. The summed E-state index contributed by atoms with van der Waals surface area (Å²) in [6, 6.07) is 0. The maximum absolute atomic E-state index is 12.0. The molecule has 0 amide bonds. The Bertz CT molecular complexity index is 127. The summed E-state index contributed by atoms with van der Waals surface area (Å²) in [6.07, 6.45) is -6.44. The van der Waals surface area contributed by atoms with Gasteiger partial charge in [-0.2, -0.15) is 8.78 Å². The molecule has 0 saturated heterocycles.